The van der Waals surface area contributed by atoms with Gasteiger partial charge in [0.1, 0.15) is 0 Å². The number of hydrogen-bond acceptors (Lipinski definition) is 3. The van der Waals surface area contributed by atoms with Crippen LogP contribution in [0.25, 0.3) is 0 Å². The maximum atomic E-state index is 13.2. The van der Waals surface area contributed by atoms with Crippen molar-refractivity contribution >= 4 is 15.9 Å². The minimum atomic E-state index is -3.68. The maximum Gasteiger partial charge on any atom is 0.243 e. The summed E-state index contributed by atoms with van der Waals surface area (Å²) in [5, 5.41) is 2.94. The second-order valence-corrected chi connectivity index (χ2v) is 9.75. The first-order chi connectivity index (χ1) is 13.6. The van der Waals surface area contributed by atoms with E-state index in [4.69, 9.17) is 0 Å². The molecule has 154 valence electrons. The summed E-state index contributed by atoms with van der Waals surface area (Å²) in [6, 6.07) is 8.38. The molecule has 1 saturated carbocycles. The number of benzene rings is 1. The molecule has 0 aromatic heterocycles. The van der Waals surface area contributed by atoms with Crippen LogP contribution in [0.2, 0.25) is 0 Å². The molecule has 0 heterocycles. The lowest BCUT2D eigenvalue weighted by Crippen LogP contribution is -2.47. The van der Waals surface area contributed by atoms with Gasteiger partial charge in [-0.3, -0.25) is 4.79 Å². The summed E-state index contributed by atoms with van der Waals surface area (Å²) in [5.74, 6) is -0.207. The Balaban J connectivity index is 1.65. The highest BCUT2D eigenvalue weighted by atomic mass is 32.2. The van der Waals surface area contributed by atoms with Gasteiger partial charge in [-0.25, -0.2) is 8.42 Å². The molecular weight excluding hydrogens is 372 g/mol. The highest BCUT2D eigenvalue weighted by Gasteiger charge is 2.33. The van der Waals surface area contributed by atoms with Crippen molar-refractivity contribution in [2.45, 2.75) is 75.1 Å². The van der Waals surface area contributed by atoms with E-state index in [1.54, 1.807) is 30.3 Å². The number of allylic oxidation sites excluding steroid dienone is 1. The third kappa shape index (κ3) is 5.67. The average Bonchev–Trinajstić information content (AvgIpc) is 2.74. The van der Waals surface area contributed by atoms with E-state index in [0.717, 1.165) is 51.4 Å². The van der Waals surface area contributed by atoms with Crippen molar-refractivity contribution in [2.24, 2.45) is 0 Å². The van der Waals surface area contributed by atoms with E-state index in [2.05, 4.69) is 11.4 Å². The fourth-order valence-electron chi connectivity index (χ4n) is 4.20. The van der Waals surface area contributed by atoms with Crippen molar-refractivity contribution in [2.75, 3.05) is 13.1 Å². The second-order valence-electron chi connectivity index (χ2n) is 7.86. The molecule has 0 atom stereocenters. The van der Waals surface area contributed by atoms with E-state index in [-0.39, 0.29) is 23.4 Å². The van der Waals surface area contributed by atoms with E-state index in [0.29, 0.717) is 6.54 Å². The lowest BCUT2D eigenvalue weighted by atomic mass is 9.95. The summed E-state index contributed by atoms with van der Waals surface area (Å²) in [6.45, 7) is 0.482. The standard InChI is InChI=1S/C22H32N2O3S/c25-22(23-17-16-19-10-4-1-5-11-19)18-24(20-12-6-2-7-13-20)28(26,27)21-14-8-3-9-15-21/h3,8-10,14-15,20H,1-2,4-7,11-13,16-18H2,(H,23,25). The van der Waals surface area contributed by atoms with Gasteiger partial charge in [-0.05, 0) is 57.1 Å². The molecule has 0 bridgehead atoms. The van der Waals surface area contributed by atoms with Crippen LogP contribution in [0, 0.1) is 0 Å². The molecule has 0 aliphatic heterocycles. The van der Waals surface area contributed by atoms with Gasteiger partial charge in [-0.1, -0.05) is 49.1 Å². The fraction of sp³-hybridized carbons (Fsp3) is 0.591. The Hall–Kier alpha value is -1.66. The van der Waals surface area contributed by atoms with Gasteiger partial charge in [0.2, 0.25) is 15.9 Å². The summed E-state index contributed by atoms with van der Waals surface area (Å²) >= 11 is 0. The number of nitrogens with one attached hydrogen (secondary N) is 1. The van der Waals surface area contributed by atoms with Crippen LogP contribution in [-0.4, -0.2) is 37.8 Å². The van der Waals surface area contributed by atoms with Crippen LogP contribution < -0.4 is 5.32 Å². The minimum absolute atomic E-state index is 0.0919. The van der Waals surface area contributed by atoms with Crippen LogP contribution in [-0.2, 0) is 14.8 Å². The average molecular weight is 405 g/mol. The molecule has 1 fully saturated rings. The molecule has 0 spiro atoms. The van der Waals surface area contributed by atoms with Gasteiger partial charge in [-0.15, -0.1) is 0 Å². The summed E-state index contributed by atoms with van der Waals surface area (Å²) in [7, 11) is -3.68. The number of nitrogens with zero attached hydrogens (tertiary/aromatic N) is 1. The second kappa shape index (κ2) is 10.2. The first-order valence-electron chi connectivity index (χ1n) is 10.6. The Morgan fingerprint density at radius 3 is 2.46 bits per heavy atom. The molecule has 5 nitrogen and oxygen atoms in total. The monoisotopic (exact) mass is 404 g/mol. The Kier molecular flexibility index (Phi) is 7.68. The van der Waals surface area contributed by atoms with Crippen molar-refractivity contribution in [1.29, 1.82) is 0 Å². The molecule has 28 heavy (non-hydrogen) atoms. The van der Waals surface area contributed by atoms with Crippen molar-refractivity contribution < 1.29 is 13.2 Å². The highest BCUT2D eigenvalue weighted by molar-refractivity contribution is 7.89. The zero-order chi connectivity index (χ0) is 19.8. The summed E-state index contributed by atoms with van der Waals surface area (Å²) in [4.78, 5) is 12.8. The number of carbonyl (C=O) groups is 1. The van der Waals surface area contributed by atoms with Crippen LogP contribution in [0.3, 0.4) is 0 Å². The molecule has 0 saturated heterocycles. The third-order valence-corrected chi connectivity index (χ3v) is 7.70. The molecule has 6 heteroatoms. The van der Waals surface area contributed by atoms with Gasteiger partial charge in [0.25, 0.3) is 0 Å². The smallest absolute Gasteiger partial charge is 0.243 e. The number of rotatable bonds is 8. The van der Waals surface area contributed by atoms with Crippen LogP contribution in [0.15, 0.2) is 46.9 Å². The van der Waals surface area contributed by atoms with E-state index in [1.807, 2.05) is 0 Å². The van der Waals surface area contributed by atoms with Gasteiger partial charge in [0.15, 0.2) is 0 Å². The van der Waals surface area contributed by atoms with Crippen molar-refractivity contribution in [3.8, 4) is 0 Å². The van der Waals surface area contributed by atoms with Gasteiger partial charge >= 0.3 is 0 Å². The molecule has 1 amide bonds. The predicted molar refractivity (Wildman–Crippen MR) is 111 cm³/mol. The van der Waals surface area contributed by atoms with Crippen LogP contribution >= 0.6 is 0 Å². The molecule has 1 aromatic carbocycles. The molecule has 1 aromatic rings. The van der Waals surface area contributed by atoms with E-state index < -0.39 is 10.0 Å². The van der Waals surface area contributed by atoms with Gasteiger partial charge in [0, 0.05) is 12.6 Å². The predicted octanol–water partition coefficient (Wildman–Crippen LogP) is 4.02. The molecule has 1 N–H and O–H groups in total. The minimum Gasteiger partial charge on any atom is -0.355 e. The Labute approximate surface area is 169 Å². The Bertz CT molecular complexity index is 768. The van der Waals surface area contributed by atoms with Crippen LogP contribution in [0.5, 0.6) is 0 Å². The van der Waals surface area contributed by atoms with Gasteiger partial charge in [0.05, 0.1) is 11.4 Å². The molecular formula is C22H32N2O3S. The normalized spacial score (nSPS) is 18.7. The molecule has 0 unspecified atom stereocenters. The topological polar surface area (TPSA) is 66.5 Å². The molecule has 0 radical (unpaired) electrons. The van der Waals surface area contributed by atoms with Crippen molar-refractivity contribution in [3.63, 3.8) is 0 Å². The first kappa shape index (κ1) is 21.1. The summed E-state index contributed by atoms with van der Waals surface area (Å²) in [5.41, 5.74) is 1.41. The summed E-state index contributed by atoms with van der Waals surface area (Å²) < 4.78 is 27.9. The number of carbonyl (C=O) groups excluding carboxylic acids is 1. The molecule has 2 aliphatic rings. The van der Waals surface area contributed by atoms with Crippen LogP contribution in [0.4, 0.5) is 0 Å². The van der Waals surface area contributed by atoms with E-state index in [9.17, 15) is 13.2 Å². The quantitative estimate of drug-likeness (QED) is 0.666. The van der Waals surface area contributed by atoms with E-state index >= 15 is 0 Å². The number of hydrogen-bond donors (Lipinski definition) is 1. The number of amides is 1. The Morgan fingerprint density at radius 2 is 1.79 bits per heavy atom. The highest BCUT2D eigenvalue weighted by Crippen LogP contribution is 2.27. The molecule has 2 aliphatic carbocycles. The summed E-state index contributed by atoms with van der Waals surface area (Å²) in [6.07, 6.45) is 12.7. The maximum absolute atomic E-state index is 13.2. The lowest BCUT2D eigenvalue weighted by molar-refractivity contribution is -0.121. The Morgan fingerprint density at radius 1 is 1.04 bits per heavy atom. The number of sulfonamides is 1. The first-order valence-corrected chi connectivity index (χ1v) is 12.0. The lowest BCUT2D eigenvalue weighted by Gasteiger charge is -2.33. The van der Waals surface area contributed by atoms with Crippen molar-refractivity contribution in [1.82, 2.24) is 9.62 Å². The van der Waals surface area contributed by atoms with Gasteiger partial charge < -0.3 is 5.32 Å². The van der Waals surface area contributed by atoms with Crippen LogP contribution in [0.1, 0.15) is 64.2 Å². The third-order valence-electron chi connectivity index (χ3n) is 5.78. The largest absolute Gasteiger partial charge is 0.355 e. The van der Waals surface area contributed by atoms with E-state index in [1.165, 1.54) is 22.7 Å². The molecule has 3 rings (SSSR count). The van der Waals surface area contributed by atoms with Crippen molar-refractivity contribution in [3.05, 3.63) is 42.0 Å². The zero-order valence-corrected chi connectivity index (χ0v) is 17.4. The van der Waals surface area contributed by atoms with Gasteiger partial charge in [-0.2, -0.15) is 4.31 Å². The SMILES string of the molecule is O=C(CN(C1CCCCC1)S(=O)(=O)c1ccccc1)NCCC1=CCCCC1. The fourth-order valence-corrected chi connectivity index (χ4v) is 5.86. The zero-order valence-electron chi connectivity index (χ0n) is 16.6.